The molecule has 1 amide bonds. The van der Waals surface area contributed by atoms with Crippen LogP contribution in [0.25, 0.3) is 0 Å². The summed E-state index contributed by atoms with van der Waals surface area (Å²) in [7, 11) is 0. The summed E-state index contributed by atoms with van der Waals surface area (Å²) in [4.78, 5) is 16.8. The van der Waals surface area contributed by atoms with Gasteiger partial charge in [-0.05, 0) is 48.9 Å². The van der Waals surface area contributed by atoms with Crippen molar-refractivity contribution in [1.82, 2.24) is 10.3 Å². The summed E-state index contributed by atoms with van der Waals surface area (Å²) in [6.07, 6.45) is 7.11. The van der Waals surface area contributed by atoms with E-state index in [0.717, 1.165) is 24.2 Å². The van der Waals surface area contributed by atoms with Gasteiger partial charge in [-0.2, -0.15) is 0 Å². The maximum absolute atomic E-state index is 12.6. The molecular weight excluding hydrogens is 384 g/mol. The van der Waals surface area contributed by atoms with Crippen LogP contribution in [0.15, 0.2) is 42.7 Å². The second-order valence-electron chi connectivity index (χ2n) is 8.03. The number of pyridine rings is 1. The van der Waals surface area contributed by atoms with Crippen LogP contribution in [0.3, 0.4) is 0 Å². The summed E-state index contributed by atoms with van der Waals surface area (Å²) in [5, 5.41) is 7.19. The summed E-state index contributed by atoms with van der Waals surface area (Å²) in [5.41, 5.74) is 8.35. The lowest BCUT2D eigenvalue weighted by atomic mass is 9.71. The van der Waals surface area contributed by atoms with E-state index >= 15 is 0 Å². The molecule has 2 aromatic rings. The first-order chi connectivity index (χ1) is 14.1. The number of nitrogens with two attached hydrogens (primary N) is 1. The number of anilines is 1. The van der Waals surface area contributed by atoms with Crippen molar-refractivity contribution in [2.45, 2.75) is 37.1 Å². The van der Waals surface area contributed by atoms with Gasteiger partial charge in [0.25, 0.3) is 5.91 Å². The van der Waals surface area contributed by atoms with E-state index in [1.54, 1.807) is 12.4 Å². The predicted octanol–water partition coefficient (Wildman–Crippen LogP) is 3.35. The Labute approximate surface area is 176 Å². The van der Waals surface area contributed by atoms with Gasteiger partial charge < -0.3 is 16.4 Å². The monoisotopic (exact) mass is 408 g/mol. The second-order valence-corrected chi connectivity index (χ2v) is 8.46. The molecule has 6 heteroatoms. The number of hydrogen-bond acceptors (Lipinski definition) is 4. The van der Waals surface area contributed by atoms with Crippen LogP contribution in [-0.4, -0.2) is 30.0 Å². The van der Waals surface area contributed by atoms with E-state index in [0.29, 0.717) is 29.5 Å². The number of aromatic nitrogens is 1. The van der Waals surface area contributed by atoms with Crippen molar-refractivity contribution in [3.8, 4) is 11.8 Å². The van der Waals surface area contributed by atoms with Crippen LogP contribution >= 0.6 is 11.6 Å². The maximum atomic E-state index is 12.6. The molecule has 1 heterocycles. The van der Waals surface area contributed by atoms with Crippen LogP contribution in [0, 0.1) is 17.8 Å². The van der Waals surface area contributed by atoms with Crippen molar-refractivity contribution in [1.29, 1.82) is 0 Å². The fourth-order valence-corrected chi connectivity index (χ4v) is 4.01. The summed E-state index contributed by atoms with van der Waals surface area (Å²) >= 11 is 6.26. The molecule has 0 radical (unpaired) electrons. The van der Waals surface area contributed by atoms with Gasteiger partial charge in [-0.3, -0.25) is 9.78 Å². The molecule has 150 valence electrons. The van der Waals surface area contributed by atoms with E-state index in [2.05, 4.69) is 33.5 Å². The average Bonchev–Trinajstić information content (AvgIpc) is 3.55. The lowest BCUT2D eigenvalue weighted by molar-refractivity contribution is 0.0952. The summed E-state index contributed by atoms with van der Waals surface area (Å²) in [5.74, 6) is 6.81. The largest absolute Gasteiger partial charge is 0.383 e. The van der Waals surface area contributed by atoms with Gasteiger partial charge in [-0.25, -0.2) is 0 Å². The van der Waals surface area contributed by atoms with Crippen molar-refractivity contribution in [2.24, 2.45) is 11.7 Å². The first-order valence-corrected chi connectivity index (χ1v) is 10.4. The highest BCUT2D eigenvalue weighted by Gasteiger charge is 2.35. The van der Waals surface area contributed by atoms with E-state index < -0.39 is 0 Å². The van der Waals surface area contributed by atoms with Gasteiger partial charge >= 0.3 is 0 Å². The fourth-order valence-electron chi connectivity index (χ4n) is 3.82. The third kappa shape index (κ3) is 4.72. The molecular formula is C23H25ClN4O. The summed E-state index contributed by atoms with van der Waals surface area (Å²) < 4.78 is 0. The molecule has 1 aromatic heterocycles. The number of hydrogen-bond donors (Lipinski definition) is 3. The number of rotatable bonds is 7. The lowest BCUT2D eigenvalue weighted by Gasteiger charge is -2.37. The Kier molecular flexibility index (Phi) is 5.75. The topological polar surface area (TPSA) is 80.0 Å². The maximum Gasteiger partial charge on any atom is 0.254 e. The van der Waals surface area contributed by atoms with Crippen LogP contribution in [-0.2, 0) is 5.41 Å². The lowest BCUT2D eigenvalue weighted by Crippen LogP contribution is -2.42. The molecule has 1 fully saturated rings. The highest BCUT2D eigenvalue weighted by Crippen LogP contribution is 2.36. The number of halogens is 1. The molecule has 29 heavy (non-hydrogen) atoms. The number of benzene rings is 1. The molecule has 2 atom stereocenters. The zero-order valence-electron chi connectivity index (χ0n) is 16.2. The molecule has 1 saturated carbocycles. The van der Waals surface area contributed by atoms with Crippen molar-refractivity contribution in [2.75, 3.05) is 18.4 Å². The number of carbonyl (C=O) groups excluding carboxylic acids is 1. The minimum atomic E-state index is -0.277. The number of amides is 1. The molecule has 4 rings (SSSR count). The molecule has 0 unspecified atom stereocenters. The predicted molar refractivity (Wildman–Crippen MR) is 116 cm³/mol. The van der Waals surface area contributed by atoms with E-state index in [-0.39, 0.29) is 17.4 Å². The van der Waals surface area contributed by atoms with Gasteiger partial charge in [0, 0.05) is 42.3 Å². The van der Waals surface area contributed by atoms with E-state index in [1.807, 2.05) is 24.3 Å². The molecule has 4 N–H and O–H groups in total. The summed E-state index contributed by atoms with van der Waals surface area (Å²) in [6, 6.07) is 9.53. The Hall–Kier alpha value is -2.55. The Balaban J connectivity index is 1.55. The highest BCUT2D eigenvalue weighted by atomic mass is 35.5. The van der Waals surface area contributed by atoms with Gasteiger partial charge in [-0.15, -0.1) is 5.92 Å². The van der Waals surface area contributed by atoms with Crippen LogP contribution < -0.4 is 16.4 Å². The van der Waals surface area contributed by atoms with Gasteiger partial charge in [-0.1, -0.05) is 29.7 Å². The van der Waals surface area contributed by atoms with Crippen LogP contribution in [0.2, 0.25) is 5.02 Å². The third-order valence-electron chi connectivity index (χ3n) is 5.69. The molecule has 0 saturated heterocycles. The molecule has 5 nitrogen and oxygen atoms in total. The van der Waals surface area contributed by atoms with Gasteiger partial charge in [0.15, 0.2) is 0 Å². The van der Waals surface area contributed by atoms with Crippen LogP contribution in [0.4, 0.5) is 5.69 Å². The Morgan fingerprint density at radius 1 is 1.34 bits per heavy atom. The second kappa shape index (κ2) is 8.44. The molecule has 2 aliphatic carbocycles. The fraction of sp³-hybridized carbons (Fsp3) is 0.391. The van der Waals surface area contributed by atoms with E-state index in [4.69, 9.17) is 17.3 Å². The first-order valence-electron chi connectivity index (χ1n) is 10.0. The van der Waals surface area contributed by atoms with Crippen molar-refractivity contribution in [3.05, 3.63) is 58.9 Å². The first kappa shape index (κ1) is 19.8. The quantitative estimate of drug-likeness (QED) is 0.614. The van der Waals surface area contributed by atoms with Crippen molar-refractivity contribution >= 4 is 23.2 Å². The SMILES string of the molecule is N[C@@H]1C#CC[C@](CNc2ccncc2C(=O)NCC2CC2)(c2cccc(Cl)c2)C1. The zero-order valence-corrected chi connectivity index (χ0v) is 17.0. The minimum absolute atomic E-state index is 0.0931. The Morgan fingerprint density at radius 3 is 2.97 bits per heavy atom. The Morgan fingerprint density at radius 2 is 2.21 bits per heavy atom. The van der Waals surface area contributed by atoms with Crippen molar-refractivity contribution in [3.63, 3.8) is 0 Å². The molecule has 0 bridgehead atoms. The van der Waals surface area contributed by atoms with Crippen molar-refractivity contribution < 1.29 is 4.79 Å². The number of nitrogens with zero attached hydrogens (tertiary/aromatic N) is 1. The van der Waals surface area contributed by atoms with Crippen LogP contribution in [0.5, 0.6) is 0 Å². The highest BCUT2D eigenvalue weighted by molar-refractivity contribution is 6.30. The number of nitrogens with one attached hydrogen (secondary N) is 2. The van der Waals surface area contributed by atoms with E-state index in [9.17, 15) is 4.79 Å². The normalized spacial score (nSPS) is 23.0. The van der Waals surface area contributed by atoms with Gasteiger partial charge in [0.1, 0.15) is 0 Å². The third-order valence-corrected chi connectivity index (χ3v) is 5.93. The van der Waals surface area contributed by atoms with Crippen LogP contribution in [0.1, 0.15) is 41.6 Å². The average molecular weight is 409 g/mol. The standard InChI is InChI=1S/C23H25ClN4O/c24-18-4-1-3-17(11-18)23(9-2-5-19(25)12-23)15-28-21-8-10-26-14-20(21)22(29)27-13-16-6-7-16/h1,3-4,8,10-11,14,16,19H,6-7,9,12-13,15,25H2,(H,26,28)(H,27,29)/t19-,23+/m1/s1. The van der Waals surface area contributed by atoms with E-state index in [1.165, 1.54) is 12.8 Å². The number of carbonyl (C=O) groups is 1. The molecule has 0 spiro atoms. The zero-order chi connectivity index (χ0) is 20.3. The molecule has 1 aromatic carbocycles. The van der Waals surface area contributed by atoms with Gasteiger partial charge in [0.05, 0.1) is 17.3 Å². The molecule has 0 aliphatic heterocycles. The smallest absolute Gasteiger partial charge is 0.254 e. The minimum Gasteiger partial charge on any atom is -0.383 e. The molecule has 2 aliphatic rings. The Bertz CT molecular complexity index is 963. The van der Waals surface area contributed by atoms with Gasteiger partial charge in [0.2, 0.25) is 0 Å². The summed E-state index contributed by atoms with van der Waals surface area (Å²) in [6.45, 7) is 1.33.